The van der Waals surface area contributed by atoms with Gasteiger partial charge in [0.05, 0.1) is 18.4 Å². The molecule has 1 heterocycles. The molecule has 0 spiro atoms. The fourth-order valence-corrected chi connectivity index (χ4v) is 1.06. The Kier molecular flexibility index (Phi) is 4.43. The summed E-state index contributed by atoms with van der Waals surface area (Å²) in [6.45, 7) is 4.80. The van der Waals surface area contributed by atoms with Crippen molar-refractivity contribution in [2.75, 3.05) is 19.8 Å². The topological polar surface area (TPSA) is 64.8 Å². The molecule has 1 amide bonds. The summed E-state index contributed by atoms with van der Waals surface area (Å²) in [6, 6.07) is 0. The summed E-state index contributed by atoms with van der Waals surface area (Å²) in [5.41, 5.74) is 5.55. The van der Waals surface area contributed by atoms with E-state index in [0.29, 0.717) is 25.3 Å². The second-order valence-electron chi connectivity index (χ2n) is 2.82. The Bertz CT molecular complexity index is 297. The van der Waals surface area contributed by atoms with Gasteiger partial charge in [-0.05, 0) is 0 Å². The van der Waals surface area contributed by atoms with Crippen LogP contribution in [0.4, 0.5) is 0 Å². The van der Waals surface area contributed by atoms with Gasteiger partial charge in [0, 0.05) is 6.20 Å². The zero-order valence-corrected chi connectivity index (χ0v) is 8.39. The number of primary amides is 1. The van der Waals surface area contributed by atoms with E-state index < -0.39 is 5.91 Å². The highest BCUT2D eigenvalue weighted by Gasteiger charge is 2.09. The Hall–Kier alpha value is -1.75. The first-order valence-corrected chi connectivity index (χ1v) is 4.54. The Morgan fingerprint density at radius 2 is 2.47 bits per heavy atom. The predicted octanol–water partition coefficient (Wildman–Crippen LogP) is 0.319. The molecule has 1 aliphatic rings. The van der Waals surface area contributed by atoms with Gasteiger partial charge in [-0.3, -0.25) is 14.7 Å². The summed E-state index contributed by atoms with van der Waals surface area (Å²) in [4.78, 5) is 16.1. The molecule has 5 nitrogen and oxygen atoms in total. The number of rotatable bonds is 6. The van der Waals surface area contributed by atoms with E-state index in [-0.39, 0.29) is 0 Å². The lowest BCUT2D eigenvalue weighted by atomic mass is 10.2. The number of nitrogens with zero attached hydrogens (tertiary/aromatic N) is 1. The van der Waals surface area contributed by atoms with E-state index in [9.17, 15) is 4.79 Å². The van der Waals surface area contributed by atoms with E-state index >= 15 is 0 Å². The van der Waals surface area contributed by atoms with Crippen molar-refractivity contribution in [3.05, 3.63) is 36.8 Å². The van der Waals surface area contributed by atoms with Crippen LogP contribution in [-0.2, 0) is 14.4 Å². The van der Waals surface area contributed by atoms with E-state index in [2.05, 4.69) is 6.58 Å². The number of hydrogen-bond donors (Lipinski definition) is 1. The molecule has 1 rings (SSSR count). The van der Waals surface area contributed by atoms with Gasteiger partial charge in [0.25, 0.3) is 0 Å². The van der Waals surface area contributed by atoms with Crippen LogP contribution in [0.5, 0.6) is 0 Å². The van der Waals surface area contributed by atoms with Crippen molar-refractivity contribution in [2.45, 2.75) is 0 Å². The maximum absolute atomic E-state index is 10.9. The monoisotopic (exact) mass is 210 g/mol. The second-order valence-corrected chi connectivity index (χ2v) is 2.82. The first-order valence-electron chi connectivity index (χ1n) is 4.54. The summed E-state index contributed by atoms with van der Waals surface area (Å²) < 4.78 is 4.88. The number of hydroxylamine groups is 2. The quantitative estimate of drug-likeness (QED) is 0.506. The normalized spacial score (nSPS) is 14.7. The molecule has 0 aromatic carbocycles. The number of nitrogens with two attached hydrogens (primary N) is 1. The highest BCUT2D eigenvalue weighted by Crippen LogP contribution is 2.07. The Morgan fingerprint density at radius 3 is 3.13 bits per heavy atom. The molecule has 0 saturated carbocycles. The standard InChI is InChI=1S/C10H14N2O3/c1-2-14-6-7-15-12-5-3-4-9(8-12)10(11)13/h2-4,8H,1,5-7H2,(H2,11,13). The molecule has 82 valence electrons. The van der Waals surface area contributed by atoms with Crippen molar-refractivity contribution in [3.63, 3.8) is 0 Å². The van der Waals surface area contributed by atoms with E-state index in [0.717, 1.165) is 0 Å². The molecule has 15 heavy (non-hydrogen) atoms. The fourth-order valence-electron chi connectivity index (χ4n) is 1.06. The van der Waals surface area contributed by atoms with Crippen LogP contribution in [0.15, 0.2) is 36.8 Å². The first kappa shape index (κ1) is 11.3. The molecule has 0 aromatic heterocycles. The van der Waals surface area contributed by atoms with Gasteiger partial charge >= 0.3 is 0 Å². The Balaban J connectivity index is 2.34. The average Bonchev–Trinajstić information content (AvgIpc) is 2.25. The predicted molar refractivity (Wildman–Crippen MR) is 55.2 cm³/mol. The lowest BCUT2D eigenvalue weighted by Crippen LogP contribution is -2.26. The molecule has 0 aromatic rings. The summed E-state index contributed by atoms with van der Waals surface area (Å²) in [5, 5.41) is 1.53. The van der Waals surface area contributed by atoms with Crippen LogP contribution < -0.4 is 5.73 Å². The molecule has 2 N–H and O–H groups in total. The van der Waals surface area contributed by atoms with Crippen LogP contribution >= 0.6 is 0 Å². The minimum atomic E-state index is -0.470. The molecule has 0 aliphatic carbocycles. The van der Waals surface area contributed by atoms with E-state index in [4.69, 9.17) is 15.3 Å². The highest BCUT2D eigenvalue weighted by atomic mass is 16.7. The van der Waals surface area contributed by atoms with Crippen LogP contribution in [0.25, 0.3) is 0 Å². The molecule has 0 bridgehead atoms. The second kappa shape index (κ2) is 5.87. The molecule has 5 heteroatoms. The zero-order chi connectivity index (χ0) is 11.1. The maximum Gasteiger partial charge on any atom is 0.250 e. The number of hydrogen-bond acceptors (Lipinski definition) is 4. The van der Waals surface area contributed by atoms with Crippen molar-refractivity contribution < 1.29 is 14.4 Å². The van der Waals surface area contributed by atoms with Gasteiger partial charge in [0.2, 0.25) is 5.91 Å². The Morgan fingerprint density at radius 1 is 1.67 bits per heavy atom. The molecule has 0 saturated heterocycles. The highest BCUT2D eigenvalue weighted by molar-refractivity contribution is 5.94. The molecular formula is C10H14N2O3. The maximum atomic E-state index is 10.9. The van der Waals surface area contributed by atoms with E-state index in [1.807, 2.05) is 0 Å². The van der Waals surface area contributed by atoms with Crippen molar-refractivity contribution in [2.24, 2.45) is 5.73 Å². The molecule has 0 atom stereocenters. The third-order valence-electron chi connectivity index (χ3n) is 1.73. The zero-order valence-electron chi connectivity index (χ0n) is 8.39. The number of carbonyl (C=O) groups is 1. The minimum absolute atomic E-state index is 0.391. The van der Waals surface area contributed by atoms with Gasteiger partial charge in [0.15, 0.2) is 0 Å². The first-order chi connectivity index (χ1) is 7.24. The minimum Gasteiger partial charge on any atom is -0.499 e. The summed E-state index contributed by atoms with van der Waals surface area (Å²) >= 11 is 0. The van der Waals surface area contributed by atoms with Crippen LogP contribution in [-0.4, -0.2) is 30.7 Å². The summed E-state index contributed by atoms with van der Waals surface area (Å²) in [6.07, 6.45) is 6.39. The van der Waals surface area contributed by atoms with Gasteiger partial charge in [-0.15, -0.1) is 0 Å². The third kappa shape index (κ3) is 3.86. The molecular weight excluding hydrogens is 196 g/mol. The smallest absolute Gasteiger partial charge is 0.250 e. The van der Waals surface area contributed by atoms with Crippen LogP contribution in [0, 0.1) is 0 Å². The number of ether oxygens (including phenoxy) is 1. The van der Waals surface area contributed by atoms with Crippen LogP contribution in [0.1, 0.15) is 0 Å². The lowest BCUT2D eigenvalue weighted by Gasteiger charge is -2.21. The molecule has 0 unspecified atom stereocenters. The molecule has 0 radical (unpaired) electrons. The van der Waals surface area contributed by atoms with Crippen molar-refractivity contribution in [1.82, 2.24) is 5.06 Å². The van der Waals surface area contributed by atoms with Crippen LogP contribution in [0.2, 0.25) is 0 Å². The average molecular weight is 210 g/mol. The number of carbonyl (C=O) groups excluding carboxylic acids is 1. The van der Waals surface area contributed by atoms with Gasteiger partial charge in [0.1, 0.15) is 13.2 Å². The van der Waals surface area contributed by atoms with Crippen molar-refractivity contribution in [1.29, 1.82) is 0 Å². The Labute approximate surface area is 88.4 Å². The SMILES string of the molecule is C=COCCON1C=C(C(N)=O)C=CC1. The third-order valence-corrected chi connectivity index (χ3v) is 1.73. The van der Waals surface area contributed by atoms with Gasteiger partial charge in [-0.2, -0.15) is 0 Å². The van der Waals surface area contributed by atoms with Crippen molar-refractivity contribution in [3.8, 4) is 0 Å². The molecule has 1 aliphatic heterocycles. The van der Waals surface area contributed by atoms with Gasteiger partial charge in [-0.25, -0.2) is 0 Å². The molecule has 0 fully saturated rings. The van der Waals surface area contributed by atoms with Gasteiger partial charge in [-0.1, -0.05) is 18.7 Å². The summed E-state index contributed by atoms with van der Waals surface area (Å²) in [7, 11) is 0. The van der Waals surface area contributed by atoms with E-state index in [1.54, 1.807) is 18.4 Å². The largest absolute Gasteiger partial charge is 0.499 e. The van der Waals surface area contributed by atoms with Gasteiger partial charge < -0.3 is 10.5 Å². The number of amides is 1. The summed E-state index contributed by atoms with van der Waals surface area (Å²) in [5.74, 6) is -0.470. The fraction of sp³-hybridized carbons (Fsp3) is 0.300. The lowest BCUT2D eigenvalue weighted by molar-refractivity contribution is -0.126. The van der Waals surface area contributed by atoms with Crippen molar-refractivity contribution >= 4 is 5.91 Å². The van der Waals surface area contributed by atoms with Crippen LogP contribution in [0.3, 0.4) is 0 Å². The van der Waals surface area contributed by atoms with E-state index in [1.165, 1.54) is 11.3 Å².